The molecule has 1 atom stereocenters. The third kappa shape index (κ3) is 5.78. The number of amides is 1. The van der Waals surface area contributed by atoms with Crippen LogP contribution < -0.4 is 0 Å². The van der Waals surface area contributed by atoms with Gasteiger partial charge in [0.25, 0.3) is 0 Å². The molecule has 5 heteroatoms. The summed E-state index contributed by atoms with van der Waals surface area (Å²) in [5.41, 5.74) is 0. The maximum atomic E-state index is 11.9. The Hall–Kier alpha value is -0.810. The number of carbonyl (C=O) groups is 1. The Morgan fingerprint density at radius 3 is 2.74 bits per heavy atom. The van der Waals surface area contributed by atoms with Crippen LogP contribution in [0.3, 0.4) is 0 Å². The minimum atomic E-state index is -0.193. The highest BCUT2D eigenvalue weighted by atomic mass is 16.6. The molecule has 112 valence electrons. The predicted octanol–water partition coefficient (Wildman–Crippen LogP) is 1.97. The molecule has 0 aromatic rings. The first-order chi connectivity index (χ1) is 9.21. The molecule has 0 radical (unpaired) electrons. The number of methoxy groups -OCH3 is 1. The zero-order chi connectivity index (χ0) is 14.1. The molecule has 0 spiro atoms. The molecule has 1 unspecified atom stereocenters. The topological polar surface area (TPSA) is 42.0 Å². The molecule has 1 aliphatic rings. The zero-order valence-electron chi connectivity index (χ0n) is 12.6. The molecule has 1 heterocycles. The summed E-state index contributed by atoms with van der Waals surface area (Å²) in [6, 6.07) is 0. The smallest absolute Gasteiger partial charge is 0.409 e. The highest BCUT2D eigenvalue weighted by Gasteiger charge is 2.24. The summed E-state index contributed by atoms with van der Waals surface area (Å²) in [7, 11) is 1.70. The fourth-order valence-corrected chi connectivity index (χ4v) is 2.38. The van der Waals surface area contributed by atoms with Crippen molar-refractivity contribution in [1.29, 1.82) is 0 Å². The van der Waals surface area contributed by atoms with E-state index in [0.717, 1.165) is 45.4 Å². The largest absolute Gasteiger partial charge is 0.449 e. The summed E-state index contributed by atoms with van der Waals surface area (Å²) in [4.78, 5) is 16.0. The van der Waals surface area contributed by atoms with E-state index >= 15 is 0 Å². The molecule has 0 aromatic heterocycles. The minimum Gasteiger partial charge on any atom is -0.449 e. The van der Waals surface area contributed by atoms with Crippen molar-refractivity contribution in [2.24, 2.45) is 0 Å². The molecule has 19 heavy (non-hydrogen) atoms. The van der Waals surface area contributed by atoms with E-state index in [0.29, 0.717) is 13.2 Å². The maximum Gasteiger partial charge on any atom is 0.409 e. The van der Waals surface area contributed by atoms with Gasteiger partial charge in [-0.2, -0.15) is 0 Å². The van der Waals surface area contributed by atoms with Gasteiger partial charge in [0.1, 0.15) is 0 Å². The molecule has 0 saturated carbocycles. The monoisotopic (exact) mass is 272 g/mol. The lowest BCUT2D eigenvalue weighted by atomic mass is 10.1. The molecule has 5 nitrogen and oxygen atoms in total. The van der Waals surface area contributed by atoms with E-state index in [-0.39, 0.29) is 12.2 Å². The number of carbonyl (C=O) groups excluding carboxylic acids is 1. The Labute approximate surface area is 116 Å². The van der Waals surface area contributed by atoms with E-state index < -0.39 is 0 Å². The van der Waals surface area contributed by atoms with Crippen LogP contribution in [0.4, 0.5) is 4.79 Å². The number of nitrogens with zero attached hydrogens (tertiary/aromatic N) is 2. The molecule has 1 saturated heterocycles. The third-order valence-electron chi connectivity index (χ3n) is 3.71. The lowest BCUT2D eigenvalue weighted by Gasteiger charge is -2.31. The van der Waals surface area contributed by atoms with Gasteiger partial charge in [0.15, 0.2) is 0 Å². The Morgan fingerprint density at radius 2 is 2.11 bits per heavy atom. The first-order valence-electron chi connectivity index (χ1n) is 7.38. The molecule has 1 rings (SSSR count). The van der Waals surface area contributed by atoms with Crippen molar-refractivity contribution in [3.8, 4) is 0 Å². The standard InChI is InChI=1S/C14H28N2O3/c1-4-15(5-2)9-7-11-19-14(17)16-10-6-8-13(12-16)18-3/h13H,4-12H2,1-3H3. The van der Waals surface area contributed by atoms with Gasteiger partial charge in [0.05, 0.1) is 19.3 Å². The second kappa shape index (κ2) is 9.15. The van der Waals surface area contributed by atoms with Gasteiger partial charge in [-0.1, -0.05) is 13.8 Å². The molecular formula is C14H28N2O3. The van der Waals surface area contributed by atoms with Crippen LogP contribution in [0.15, 0.2) is 0 Å². The first kappa shape index (κ1) is 16.2. The number of ether oxygens (including phenoxy) is 2. The summed E-state index contributed by atoms with van der Waals surface area (Å²) in [6.45, 7) is 9.32. The van der Waals surface area contributed by atoms with E-state index in [1.54, 1.807) is 12.0 Å². The first-order valence-corrected chi connectivity index (χ1v) is 7.38. The molecule has 1 amide bonds. The Morgan fingerprint density at radius 1 is 1.37 bits per heavy atom. The van der Waals surface area contributed by atoms with Crippen molar-refractivity contribution in [2.45, 2.75) is 39.2 Å². The zero-order valence-corrected chi connectivity index (χ0v) is 12.6. The van der Waals surface area contributed by atoms with Gasteiger partial charge in [-0.15, -0.1) is 0 Å². The van der Waals surface area contributed by atoms with Crippen molar-refractivity contribution in [3.05, 3.63) is 0 Å². The number of rotatable bonds is 7. The Balaban J connectivity index is 2.16. The number of likely N-dealkylation sites (tertiary alicyclic amines) is 1. The predicted molar refractivity (Wildman–Crippen MR) is 75.4 cm³/mol. The minimum absolute atomic E-state index is 0.164. The molecule has 0 aliphatic carbocycles. The number of hydrogen-bond acceptors (Lipinski definition) is 4. The van der Waals surface area contributed by atoms with Gasteiger partial charge in [-0.05, 0) is 32.4 Å². The van der Waals surface area contributed by atoms with E-state index in [1.807, 2.05) is 0 Å². The van der Waals surface area contributed by atoms with Gasteiger partial charge < -0.3 is 19.3 Å². The fourth-order valence-electron chi connectivity index (χ4n) is 2.38. The van der Waals surface area contributed by atoms with Gasteiger partial charge in [-0.3, -0.25) is 0 Å². The Kier molecular flexibility index (Phi) is 7.82. The third-order valence-corrected chi connectivity index (χ3v) is 3.71. The van der Waals surface area contributed by atoms with E-state index in [2.05, 4.69) is 18.7 Å². The van der Waals surface area contributed by atoms with Gasteiger partial charge in [0.2, 0.25) is 0 Å². The molecule has 0 N–H and O–H groups in total. The van der Waals surface area contributed by atoms with Crippen LogP contribution in [0.5, 0.6) is 0 Å². The van der Waals surface area contributed by atoms with Crippen LogP contribution in [0.2, 0.25) is 0 Å². The summed E-state index contributed by atoms with van der Waals surface area (Å²) in [5, 5.41) is 0. The van der Waals surface area contributed by atoms with Crippen LogP contribution in [0, 0.1) is 0 Å². The average Bonchev–Trinajstić information content (AvgIpc) is 2.47. The highest BCUT2D eigenvalue weighted by molar-refractivity contribution is 5.67. The van der Waals surface area contributed by atoms with Crippen LogP contribution >= 0.6 is 0 Å². The van der Waals surface area contributed by atoms with Crippen molar-refractivity contribution >= 4 is 6.09 Å². The molecule has 1 fully saturated rings. The van der Waals surface area contributed by atoms with E-state index in [9.17, 15) is 4.79 Å². The Bertz CT molecular complexity index is 257. The summed E-state index contributed by atoms with van der Waals surface area (Å²) in [6.07, 6.45) is 2.89. The average molecular weight is 272 g/mol. The van der Waals surface area contributed by atoms with Gasteiger partial charge in [-0.25, -0.2) is 4.79 Å². The van der Waals surface area contributed by atoms with Crippen molar-refractivity contribution < 1.29 is 14.3 Å². The summed E-state index contributed by atoms with van der Waals surface area (Å²) >= 11 is 0. The van der Waals surface area contributed by atoms with E-state index in [4.69, 9.17) is 9.47 Å². The molecule has 1 aliphatic heterocycles. The van der Waals surface area contributed by atoms with Gasteiger partial charge >= 0.3 is 6.09 Å². The highest BCUT2D eigenvalue weighted by Crippen LogP contribution is 2.13. The molecule has 0 bridgehead atoms. The number of hydrogen-bond donors (Lipinski definition) is 0. The van der Waals surface area contributed by atoms with Crippen LogP contribution in [0.25, 0.3) is 0 Å². The molecule has 0 aromatic carbocycles. The SMILES string of the molecule is CCN(CC)CCCOC(=O)N1CCCC(OC)C1. The maximum absolute atomic E-state index is 11.9. The van der Waals surface area contributed by atoms with E-state index in [1.165, 1.54) is 0 Å². The van der Waals surface area contributed by atoms with Crippen LogP contribution in [-0.4, -0.2) is 68.4 Å². The number of piperidine rings is 1. The van der Waals surface area contributed by atoms with Crippen molar-refractivity contribution in [3.63, 3.8) is 0 Å². The fraction of sp³-hybridized carbons (Fsp3) is 0.929. The second-order valence-electron chi connectivity index (χ2n) is 4.94. The van der Waals surface area contributed by atoms with Crippen LogP contribution in [0.1, 0.15) is 33.1 Å². The summed E-state index contributed by atoms with van der Waals surface area (Å²) < 4.78 is 10.6. The van der Waals surface area contributed by atoms with Gasteiger partial charge in [0, 0.05) is 20.2 Å². The lowest BCUT2D eigenvalue weighted by Crippen LogP contribution is -2.43. The van der Waals surface area contributed by atoms with Crippen molar-refractivity contribution in [1.82, 2.24) is 9.80 Å². The van der Waals surface area contributed by atoms with Crippen molar-refractivity contribution in [2.75, 3.05) is 46.4 Å². The molecular weight excluding hydrogens is 244 g/mol. The van der Waals surface area contributed by atoms with Crippen LogP contribution in [-0.2, 0) is 9.47 Å². The normalized spacial score (nSPS) is 19.8. The quantitative estimate of drug-likeness (QED) is 0.665. The second-order valence-corrected chi connectivity index (χ2v) is 4.94. The summed E-state index contributed by atoms with van der Waals surface area (Å²) in [5.74, 6) is 0. The lowest BCUT2D eigenvalue weighted by molar-refractivity contribution is 0.0231.